The van der Waals surface area contributed by atoms with Crippen LogP contribution in [0, 0.1) is 13.8 Å². The van der Waals surface area contributed by atoms with E-state index in [0.717, 1.165) is 18.9 Å². The Morgan fingerprint density at radius 2 is 1.61 bits per heavy atom. The lowest BCUT2D eigenvalue weighted by Crippen LogP contribution is -2.30. The van der Waals surface area contributed by atoms with E-state index < -0.39 is 0 Å². The average Bonchev–Trinajstić information content (AvgIpc) is 2.27. The predicted molar refractivity (Wildman–Crippen MR) is 72.9 cm³/mol. The number of aromatic nitrogens is 2. The molecule has 0 aromatic carbocycles. The lowest BCUT2D eigenvalue weighted by atomic mass is 9.84. The van der Waals surface area contributed by atoms with Crippen LogP contribution < -0.4 is 5.32 Å². The van der Waals surface area contributed by atoms with Crippen LogP contribution in [0.3, 0.4) is 0 Å². The van der Waals surface area contributed by atoms with Crippen molar-refractivity contribution in [2.75, 3.05) is 13.1 Å². The van der Waals surface area contributed by atoms with Gasteiger partial charge in [0.2, 0.25) is 0 Å². The van der Waals surface area contributed by atoms with Crippen molar-refractivity contribution >= 4 is 0 Å². The van der Waals surface area contributed by atoms with Crippen molar-refractivity contribution in [2.24, 2.45) is 0 Å². The molecule has 0 spiro atoms. The molecule has 2 aliphatic rings. The van der Waals surface area contributed by atoms with E-state index >= 15 is 0 Å². The molecule has 98 valence electrons. The summed E-state index contributed by atoms with van der Waals surface area (Å²) in [5.74, 6) is 2.36. The molecule has 0 bridgehead atoms. The van der Waals surface area contributed by atoms with Crippen molar-refractivity contribution in [3.63, 3.8) is 0 Å². The van der Waals surface area contributed by atoms with Gasteiger partial charge in [0.1, 0.15) is 5.82 Å². The molecule has 1 aliphatic heterocycles. The minimum atomic E-state index is 0.620. The predicted octanol–water partition coefficient (Wildman–Crippen LogP) is 2.83. The first-order chi connectivity index (χ1) is 8.75. The molecule has 1 unspecified atom stereocenters. The molecule has 1 aromatic rings. The van der Waals surface area contributed by atoms with E-state index in [9.17, 15) is 0 Å². The average molecular weight is 245 g/mol. The van der Waals surface area contributed by atoms with Crippen molar-refractivity contribution in [3.8, 4) is 0 Å². The van der Waals surface area contributed by atoms with Crippen LogP contribution >= 0.6 is 0 Å². The standard InChI is InChI=1S/C15H23N3/c1-10-14(13-7-4-8-16-9-13)11(2)18-15(17-10)12-5-3-6-12/h12-13,16H,3-9H2,1-2H3. The highest BCUT2D eigenvalue weighted by Gasteiger charge is 2.26. The van der Waals surface area contributed by atoms with Crippen LogP contribution in [-0.2, 0) is 0 Å². The maximum atomic E-state index is 4.79. The first kappa shape index (κ1) is 12.1. The summed E-state index contributed by atoms with van der Waals surface area (Å²) in [4.78, 5) is 9.58. The van der Waals surface area contributed by atoms with E-state index in [-0.39, 0.29) is 0 Å². The monoisotopic (exact) mass is 245 g/mol. The molecule has 0 radical (unpaired) electrons. The van der Waals surface area contributed by atoms with Crippen LogP contribution in [0.4, 0.5) is 0 Å². The van der Waals surface area contributed by atoms with E-state index in [1.165, 1.54) is 49.1 Å². The molecule has 0 amide bonds. The Hall–Kier alpha value is -0.960. The van der Waals surface area contributed by atoms with Crippen LogP contribution in [-0.4, -0.2) is 23.1 Å². The SMILES string of the molecule is Cc1nc(C2CCC2)nc(C)c1C1CCCNC1. The van der Waals surface area contributed by atoms with Crippen molar-refractivity contribution < 1.29 is 0 Å². The number of rotatable bonds is 2. The molecule has 1 N–H and O–H groups in total. The number of hydrogen-bond donors (Lipinski definition) is 1. The molecule has 18 heavy (non-hydrogen) atoms. The topological polar surface area (TPSA) is 37.8 Å². The number of nitrogens with zero attached hydrogens (tertiary/aromatic N) is 2. The fourth-order valence-corrected chi connectivity index (χ4v) is 3.29. The fourth-order valence-electron chi connectivity index (χ4n) is 3.29. The van der Waals surface area contributed by atoms with Crippen LogP contribution in [0.2, 0.25) is 0 Å². The fraction of sp³-hybridized carbons (Fsp3) is 0.733. The Kier molecular flexibility index (Phi) is 3.33. The van der Waals surface area contributed by atoms with Gasteiger partial charge < -0.3 is 5.32 Å². The molecule has 2 fully saturated rings. The summed E-state index contributed by atoms with van der Waals surface area (Å²) in [6.07, 6.45) is 6.46. The minimum absolute atomic E-state index is 0.620. The number of aryl methyl sites for hydroxylation is 2. The first-order valence-electron chi connectivity index (χ1n) is 7.31. The Bertz CT molecular complexity index is 408. The third kappa shape index (κ3) is 2.16. The second kappa shape index (κ2) is 4.96. The molecule has 1 saturated heterocycles. The molecule has 3 heteroatoms. The van der Waals surface area contributed by atoms with Gasteiger partial charge in [-0.15, -0.1) is 0 Å². The summed E-state index contributed by atoms with van der Waals surface area (Å²) in [7, 11) is 0. The zero-order valence-electron chi connectivity index (χ0n) is 11.5. The number of hydrogen-bond acceptors (Lipinski definition) is 3. The molecular formula is C15H23N3. The van der Waals surface area contributed by atoms with E-state index in [4.69, 9.17) is 9.97 Å². The Morgan fingerprint density at radius 1 is 0.944 bits per heavy atom. The van der Waals surface area contributed by atoms with Gasteiger partial charge in [-0.1, -0.05) is 6.42 Å². The summed E-state index contributed by atoms with van der Waals surface area (Å²) in [6.45, 7) is 6.59. The summed E-state index contributed by atoms with van der Waals surface area (Å²) in [6, 6.07) is 0. The van der Waals surface area contributed by atoms with Crippen molar-refractivity contribution in [2.45, 2.75) is 57.8 Å². The highest BCUT2D eigenvalue weighted by Crippen LogP contribution is 2.36. The molecule has 1 saturated carbocycles. The Labute approximate surface area is 109 Å². The van der Waals surface area contributed by atoms with Gasteiger partial charge in [0.25, 0.3) is 0 Å². The van der Waals surface area contributed by atoms with Crippen molar-refractivity contribution in [1.82, 2.24) is 15.3 Å². The largest absolute Gasteiger partial charge is 0.316 e. The van der Waals surface area contributed by atoms with Gasteiger partial charge in [-0.3, -0.25) is 0 Å². The molecule has 3 rings (SSSR count). The van der Waals surface area contributed by atoms with Gasteiger partial charge >= 0.3 is 0 Å². The van der Waals surface area contributed by atoms with E-state index in [2.05, 4.69) is 19.2 Å². The van der Waals surface area contributed by atoms with E-state index in [1.807, 2.05) is 0 Å². The van der Waals surface area contributed by atoms with Gasteiger partial charge in [0, 0.05) is 23.9 Å². The Balaban J connectivity index is 1.89. The lowest BCUT2D eigenvalue weighted by Gasteiger charge is -2.28. The minimum Gasteiger partial charge on any atom is -0.316 e. The number of nitrogens with one attached hydrogen (secondary N) is 1. The molecule has 2 heterocycles. The van der Waals surface area contributed by atoms with E-state index in [1.54, 1.807) is 0 Å². The van der Waals surface area contributed by atoms with Gasteiger partial charge in [-0.05, 0) is 57.6 Å². The summed E-state index contributed by atoms with van der Waals surface area (Å²) in [5.41, 5.74) is 3.85. The molecular weight excluding hydrogens is 222 g/mol. The highest BCUT2D eigenvalue weighted by molar-refractivity contribution is 5.30. The zero-order chi connectivity index (χ0) is 12.5. The normalized spacial score (nSPS) is 24.9. The third-order valence-electron chi connectivity index (χ3n) is 4.52. The van der Waals surface area contributed by atoms with Crippen molar-refractivity contribution in [1.29, 1.82) is 0 Å². The van der Waals surface area contributed by atoms with Gasteiger partial charge in [0.05, 0.1) is 0 Å². The second-order valence-corrected chi connectivity index (χ2v) is 5.84. The van der Waals surface area contributed by atoms with Crippen molar-refractivity contribution in [3.05, 3.63) is 22.8 Å². The van der Waals surface area contributed by atoms with E-state index in [0.29, 0.717) is 11.8 Å². The summed E-state index contributed by atoms with van der Waals surface area (Å²) >= 11 is 0. The maximum Gasteiger partial charge on any atom is 0.131 e. The quantitative estimate of drug-likeness (QED) is 0.870. The molecule has 1 aromatic heterocycles. The smallest absolute Gasteiger partial charge is 0.131 e. The van der Waals surface area contributed by atoms with Gasteiger partial charge in [-0.25, -0.2) is 9.97 Å². The van der Waals surface area contributed by atoms with Gasteiger partial charge in [-0.2, -0.15) is 0 Å². The lowest BCUT2D eigenvalue weighted by molar-refractivity contribution is 0.397. The van der Waals surface area contributed by atoms with Crippen LogP contribution in [0.1, 0.15) is 66.7 Å². The van der Waals surface area contributed by atoms with Crippen LogP contribution in [0.15, 0.2) is 0 Å². The number of piperidine rings is 1. The third-order valence-corrected chi connectivity index (χ3v) is 4.52. The molecule has 1 atom stereocenters. The zero-order valence-corrected chi connectivity index (χ0v) is 11.5. The second-order valence-electron chi connectivity index (χ2n) is 5.84. The molecule has 1 aliphatic carbocycles. The van der Waals surface area contributed by atoms with Crippen LogP contribution in [0.5, 0.6) is 0 Å². The molecule has 3 nitrogen and oxygen atoms in total. The highest BCUT2D eigenvalue weighted by atomic mass is 14.9. The van der Waals surface area contributed by atoms with Gasteiger partial charge in [0.15, 0.2) is 0 Å². The summed E-state index contributed by atoms with van der Waals surface area (Å²) < 4.78 is 0. The van der Waals surface area contributed by atoms with Crippen LogP contribution in [0.25, 0.3) is 0 Å². The maximum absolute atomic E-state index is 4.79. The summed E-state index contributed by atoms with van der Waals surface area (Å²) in [5, 5.41) is 3.49. The Morgan fingerprint density at radius 3 is 2.11 bits per heavy atom. The first-order valence-corrected chi connectivity index (χ1v) is 7.31.